The topological polar surface area (TPSA) is 50.8 Å². The predicted octanol–water partition coefficient (Wildman–Crippen LogP) is 2.13. The van der Waals surface area contributed by atoms with Crippen LogP contribution in [0, 0.1) is 11.3 Å². The highest BCUT2D eigenvalue weighted by atomic mass is 35.5. The lowest BCUT2D eigenvalue weighted by molar-refractivity contribution is -0.130. The molecule has 2 aliphatic rings. The molecule has 0 aromatic heterocycles. The fourth-order valence-electron chi connectivity index (χ4n) is 4.17. The van der Waals surface area contributed by atoms with Crippen molar-refractivity contribution in [3.63, 3.8) is 0 Å². The van der Waals surface area contributed by atoms with E-state index < -0.39 is 0 Å². The number of likely N-dealkylation sites (tertiary alicyclic amines) is 1. The van der Waals surface area contributed by atoms with Crippen LogP contribution in [0.3, 0.4) is 0 Å². The van der Waals surface area contributed by atoms with Gasteiger partial charge in [0.2, 0.25) is 5.91 Å². The lowest BCUT2D eigenvalue weighted by atomic mass is 9.71. The smallest absolute Gasteiger partial charge is 0.227 e. The SMILES string of the molecule is COCC1CN(C(=O)Cc2ccc(OC)cc2)CC12CCNCC2.Cl. The summed E-state index contributed by atoms with van der Waals surface area (Å²) in [7, 11) is 3.41. The van der Waals surface area contributed by atoms with Crippen molar-refractivity contribution in [2.75, 3.05) is 47.0 Å². The van der Waals surface area contributed by atoms with E-state index in [2.05, 4.69) is 10.2 Å². The number of rotatable bonds is 5. The number of carbonyl (C=O) groups excluding carboxylic acids is 1. The average Bonchev–Trinajstić information content (AvgIpc) is 2.95. The summed E-state index contributed by atoms with van der Waals surface area (Å²) in [5.41, 5.74) is 1.27. The zero-order valence-corrected chi connectivity index (χ0v) is 15.9. The first-order chi connectivity index (χ1) is 11.7. The molecule has 1 atom stereocenters. The molecule has 0 radical (unpaired) electrons. The Bertz CT molecular complexity index is 558. The van der Waals surface area contributed by atoms with Crippen molar-refractivity contribution in [3.05, 3.63) is 29.8 Å². The number of benzene rings is 1. The number of piperidine rings is 1. The van der Waals surface area contributed by atoms with Crippen LogP contribution in [0.5, 0.6) is 5.75 Å². The van der Waals surface area contributed by atoms with Gasteiger partial charge in [-0.25, -0.2) is 0 Å². The number of halogens is 1. The highest BCUT2D eigenvalue weighted by molar-refractivity contribution is 5.85. The average molecular weight is 369 g/mol. The Morgan fingerprint density at radius 2 is 1.92 bits per heavy atom. The molecule has 1 amide bonds. The van der Waals surface area contributed by atoms with Gasteiger partial charge in [-0.05, 0) is 49.0 Å². The van der Waals surface area contributed by atoms with Crippen LogP contribution < -0.4 is 10.1 Å². The molecule has 1 spiro atoms. The Labute approximate surface area is 156 Å². The molecular formula is C19H29ClN2O3. The largest absolute Gasteiger partial charge is 0.497 e. The fourth-order valence-corrected chi connectivity index (χ4v) is 4.17. The first-order valence-electron chi connectivity index (χ1n) is 8.77. The molecule has 25 heavy (non-hydrogen) atoms. The second kappa shape index (κ2) is 8.88. The molecule has 1 aromatic carbocycles. The van der Waals surface area contributed by atoms with E-state index in [0.29, 0.717) is 12.3 Å². The van der Waals surface area contributed by atoms with Crippen LogP contribution in [0.4, 0.5) is 0 Å². The van der Waals surface area contributed by atoms with Crippen molar-refractivity contribution < 1.29 is 14.3 Å². The van der Waals surface area contributed by atoms with E-state index in [1.807, 2.05) is 24.3 Å². The Morgan fingerprint density at radius 1 is 1.24 bits per heavy atom. The van der Waals surface area contributed by atoms with Gasteiger partial charge in [0.25, 0.3) is 0 Å². The molecule has 0 aliphatic carbocycles. The molecule has 0 bridgehead atoms. The third kappa shape index (κ3) is 4.46. The second-order valence-corrected chi connectivity index (χ2v) is 7.06. The normalized spacial score (nSPS) is 21.8. The van der Waals surface area contributed by atoms with E-state index in [9.17, 15) is 4.79 Å². The molecule has 1 aromatic rings. The van der Waals surface area contributed by atoms with E-state index in [0.717, 1.165) is 56.9 Å². The molecule has 2 aliphatic heterocycles. The molecule has 2 fully saturated rings. The Morgan fingerprint density at radius 3 is 2.52 bits per heavy atom. The van der Waals surface area contributed by atoms with Crippen molar-refractivity contribution in [1.82, 2.24) is 10.2 Å². The molecule has 5 nitrogen and oxygen atoms in total. The third-order valence-electron chi connectivity index (χ3n) is 5.65. The van der Waals surface area contributed by atoms with Crippen molar-refractivity contribution in [3.8, 4) is 5.75 Å². The second-order valence-electron chi connectivity index (χ2n) is 7.06. The zero-order valence-electron chi connectivity index (χ0n) is 15.1. The standard InChI is InChI=1S/C19H28N2O3.ClH/c1-23-13-16-12-21(14-19(16)7-9-20-10-8-19)18(22)11-15-3-5-17(24-2)6-4-15;/h3-6,16,20H,7-14H2,1-2H3;1H. The first kappa shape index (κ1) is 20.0. The number of nitrogens with zero attached hydrogens (tertiary/aromatic N) is 1. The number of amides is 1. The summed E-state index contributed by atoms with van der Waals surface area (Å²) in [6.07, 6.45) is 2.72. The summed E-state index contributed by atoms with van der Waals surface area (Å²) in [6.45, 7) is 4.52. The van der Waals surface area contributed by atoms with Gasteiger partial charge in [-0.1, -0.05) is 12.1 Å². The van der Waals surface area contributed by atoms with Gasteiger partial charge in [-0.15, -0.1) is 12.4 Å². The van der Waals surface area contributed by atoms with Crippen molar-refractivity contribution in [1.29, 1.82) is 0 Å². The zero-order chi connectivity index (χ0) is 17.0. The number of hydrogen-bond acceptors (Lipinski definition) is 4. The summed E-state index contributed by atoms with van der Waals surface area (Å²) in [4.78, 5) is 14.8. The number of carbonyl (C=O) groups is 1. The van der Waals surface area contributed by atoms with Gasteiger partial charge in [0.05, 0.1) is 20.1 Å². The first-order valence-corrected chi connectivity index (χ1v) is 8.77. The van der Waals surface area contributed by atoms with Crippen molar-refractivity contribution >= 4 is 18.3 Å². The quantitative estimate of drug-likeness (QED) is 0.865. The van der Waals surface area contributed by atoms with E-state index in [1.54, 1.807) is 14.2 Å². The monoisotopic (exact) mass is 368 g/mol. The number of ether oxygens (including phenoxy) is 2. The van der Waals surface area contributed by atoms with Crippen LogP contribution in [-0.4, -0.2) is 57.8 Å². The maximum Gasteiger partial charge on any atom is 0.227 e. The minimum absolute atomic E-state index is 0. The Kier molecular flexibility index (Phi) is 7.11. The summed E-state index contributed by atoms with van der Waals surface area (Å²) in [6, 6.07) is 7.77. The van der Waals surface area contributed by atoms with Crippen LogP contribution in [0.25, 0.3) is 0 Å². The molecule has 6 heteroatoms. The number of hydrogen-bond donors (Lipinski definition) is 1. The van der Waals surface area contributed by atoms with Crippen LogP contribution in [0.1, 0.15) is 18.4 Å². The molecule has 2 saturated heterocycles. The fraction of sp³-hybridized carbons (Fsp3) is 0.632. The molecule has 1 unspecified atom stereocenters. The predicted molar refractivity (Wildman–Crippen MR) is 100 cm³/mol. The lowest BCUT2D eigenvalue weighted by Crippen LogP contribution is -2.43. The minimum Gasteiger partial charge on any atom is -0.497 e. The maximum absolute atomic E-state index is 12.8. The van der Waals surface area contributed by atoms with Gasteiger partial charge in [-0.3, -0.25) is 4.79 Å². The maximum atomic E-state index is 12.8. The van der Waals surface area contributed by atoms with Crippen molar-refractivity contribution in [2.24, 2.45) is 11.3 Å². The molecular weight excluding hydrogens is 340 g/mol. The van der Waals surface area contributed by atoms with Gasteiger partial charge in [-0.2, -0.15) is 0 Å². The van der Waals surface area contributed by atoms with E-state index in [1.165, 1.54) is 0 Å². The number of nitrogens with one attached hydrogen (secondary N) is 1. The van der Waals surface area contributed by atoms with E-state index >= 15 is 0 Å². The highest BCUT2D eigenvalue weighted by Crippen LogP contribution is 2.43. The molecule has 0 saturated carbocycles. The highest BCUT2D eigenvalue weighted by Gasteiger charge is 2.47. The molecule has 1 N–H and O–H groups in total. The van der Waals surface area contributed by atoms with Crippen LogP contribution in [0.2, 0.25) is 0 Å². The molecule has 2 heterocycles. The summed E-state index contributed by atoms with van der Waals surface area (Å²) in [5.74, 6) is 1.49. The van der Waals surface area contributed by atoms with Crippen LogP contribution in [0.15, 0.2) is 24.3 Å². The van der Waals surface area contributed by atoms with Crippen LogP contribution in [-0.2, 0) is 16.0 Å². The van der Waals surface area contributed by atoms with Crippen molar-refractivity contribution in [2.45, 2.75) is 19.3 Å². The Balaban J connectivity index is 0.00000225. The van der Waals surface area contributed by atoms with E-state index in [-0.39, 0.29) is 23.7 Å². The summed E-state index contributed by atoms with van der Waals surface area (Å²) >= 11 is 0. The van der Waals surface area contributed by atoms with E-state index in [4.69, 9.17) is 9.47 Å². The van der Waals surface area contributed by atoms with Gasteiger partial charge in [0.1, 0.15) is 5.75 Å². The summed E-state index contributed by atoms with van der Waals surface area (Å²) in [5, 5.41) is 3.44. The summed E-state index contributed by atoms with van der Waals surface area (Å²) < 4.78 is 10.6. The Hall–Kier alpha value is -1.30. The molecule has 3 rings (SSSR count). The van der Waals surface area contributed by atoms with Gasteiger partial charge in [0.15, 0.2) is 0 Å². The minimum atomic E-state index is 0. The molecule has 140 valence electrons. The third-order valence-corrected chi connectivity index (χ3v) is 5.65. The van der Waals surface area contributed by atoms with Gasteiger partial charge >= 0.3 is 0 Å². The lowest BCUT2D eigenvalue weighted by Gasteiger charge is -2.38. The van der Waals surface area contributed by atoms with Gasteiger partial charge in [0, 0.05) is 26.1 Å². The number of methoxy groups -OCH3 is 2. The van der Waals surface area contributed by atoms with Crippen LogP contribution >= 0.6 is 12.4 Å². The van der Waals surface area contributed by atoms with Gasteiger partial charge < -0.3 is 19.7 Å².